The Morgan fingerprint density at radius 1 is 1.05 bits per heavy atom. The van der Waals surface area contributed by atoms with Crippen LogP contribution in [-0.2, 0) is 11.3 Å². The number of ketones is 1. The van der Waals surface area contributed by atoms with Gasteiger partial charge < -0.3 is 28.4 Å². The normalized spacial score (nSPS) is 12.5. The number of carbonyl (C=O) groups is 2. The van der Waals surface area contributed by atoms with Crippen molar-refractivity contribution in [3.8, 4) is 34.4 Å². The highest BCUT2D eigenvalue weighted by Gasteiger charge is 2.44. The van der Waals surface area contributed by atoms with E-state index in [-0.39, 0.29) is 57.2 Å². The summed E-state index contributed by atoms with van der Waals surface area (Å²) in [4.78, 5) is 45.6. The van der Waals surface area contributed by atoms with Crippen LogP contribution in [0.2, 0.25) is 0 Å². The number of ether oxygens (including phenoxy) is 4. The molecule has 3 aromatic rings. The third-order valence-corrected chi connectivity index (χ3v) is 6.05. The van der Waals surface area contributed by atoms with Crippen LogP contribution in [-0.4, -0.2) is 74.3 Å². The fourth-order valence-corrected chi connectivity index (χ4v) is 4.42. The van der Waals surface area contributed by atoms with Gasteiger partial charge in [0.05, 0.1) is 38.0 Å². The highest BCUT2D eigenvalue weighted by atomic mass is 19.4. The van der Waals surface area contributed by atoms with Gasteiger partial charge in [0.15, 0.2) is 11.5 Å². The monoisotopic (exact) mass is 535 g/mol. The summed E-state index contributed by atoms with van der Waals surface area (Å²) in [5.74, 6) is -4.43. The maximum Gasteiger partial charge on any atom is 0.491 e. The number of aromatic nitrogens is 2. The van der Waals surface area contributed by atoms with Crippen molar-refractivity contribution in [3.63, 3.8) is 0 Å². The Morgan fingerprint density at radius 3 is 2.34 bits per heavy atom. The molecule has 0 fully saturated rings. The van der Waals surface area contributed by atoms with E-state index in [2.05, 4.69) is 4.98 Å². The summed E-state index contributed by atoms with van der Waals surface area (Å²) in [6, 6.07) is 4.29. The van der Waals surface area contributed by atoms with E-state index in [1.54, 1.807) is 6.07 Å². The van der Waals surface area contributed by atoms with E-state index >= 15 is 0 Å². The third-order valence-electron chi connectivity index (χ3n) is 6.05. The first kappa shape index (κ1) is 26.9. The summed E-state index contributed by atoms with van der Waals surface area (Å²) in [6.07, 6.45) is -4.85. The number of rotatable bonds is 8. The number of pyridine rings is 2. The summed E-state index contributed by atoms with van der Waals surface area (Å²) < 4.78 is 61.5. The molecular weight excluding hydrogens is 511 g/mol. The maximum atomic E-state index is 13.8. The summed E-state index contributed by atoms with van der Waals surface area (Å²) in [7, 11) is 7.42. The minimum absolute atomic E-state index is 0.0597. The van der Waals surface area contributed by atoms with E-state index in [9.17, 15) is 27.6 Å². The number of esters is 1. The zero-order valence-electron chi connectivity index (χ0n) is 21.2. The van der Waals surface area contributed by atoms with Crippen LogP contribution in [0.3, 0.4) is 0 Å². The molecule has 0 aliphatic heterocycles. The first-order chi connectivity index (χ1) is 17.9. The number of hydrogen-bond acceptors (Lipinski definition) is 9. The second-order valence-corrected chi connectivity index (χ2v) is 8.67. The van der Waals surface area contributed by atoms with Gasteiger partial charge in [-0.15, -0.1) is 0 Å². The van der Waals surface area contributed by atoms with Crippen molar-refractivity contribution < 1.29 is 41.7 Å². The fourth-order valence-electron chi connectivity index (χ4n) is 4.42. The van der Waals surface area contributed by atoms with Gasteiger partial charge in [0.2, 0.25) is 17.4 Å². The van der Waals surface area contributed by atoms with Gasteiger partial charge in [0, 0.05) is 23.6 Å². The number of methoxy groups -OCH3 is 3. The Kier molecular flexibility index (Phi) is 7.06. The Hall–Kier alpha value is -4.13. The molecule has 0 unspecified atom stereocenters. The number of fused-ring (bicyclic) bond motifs is 5. The lowest BCUT2D eigenvalue weighted by molar-refractivity contribution is -0.189. The molecule has 13 heteroatoms. The average molecular weight is 535 g/mol. The largest absolute Gasteiger partial charge is 0.493 e. The van der Waals surface area contributed by atoms with E-state index in [1.165, 1.54) is 30.9 Å². The molecule has 0 atom stereocenters. The molecule has 1 aliphatic carbocycles. The number of halogens is 3. The average Bonchev–Trinajstić information content (AvgIpc) is 3.15. The number of hydrogen-bond donors (Lipinski definition) is 0. The van der Waals surface area contributed by atoms with Gasteiger partial charge in [0.25, 0.3) is 5.56 Å². The number of nitrogens with zero attached hydrogens (tertiary/aromatic N) is 3. The van der Waals surface area contributed by atoms with Crippen LogP contribution in [0.25, 0.3) is 22.0 Å². The molecular formula is C25H24F3N3O7. The molecule has 1 aliphatic rings. The molecule has 0 N–H and O–H groups in total. The minimum atomic E-state index is -5.37. The predicted octanol–water partition coefficient (Wildman–Crippen LogP) is 3.05. The van der Waals surface area contributed by atoms with E-state index in [1.807, 2.05) is 19.0 Å². The van der Waals surface area contributed by atoms with Crippen molar-refractivity contribution in [3.05, 3.63) is 39.8 Å². The maximum absolute atomic E-state index is 13.8. The molecule has 0 saturated carbocycles. The molecule has 2 heterocycles. The molecule has 4 rings (SSSR count). The Morgan fingerprint density at radius 2 is 1.76 bits per heavy atom. The van der Waals surface area contributed by atoms with Crippen molar-refractivity contribution in [1.29, 1.82) is 0 Å². The third kappa shape index (κ3) is 4.42. The molecule has 38 heavy (non-hydrogen) atoms. The predicted molar refractivity (Wildman–Crippen MR) is 129 cm³/mol. The molecule has 0 spiro atoms. The van der Waals surface area contributed by atoms with Crippen LogP contribution in [0.5, 0.6) is 23.1 Å². The van der Waals surface area contributed by atoms with Crippen molar-refractivity contribution in [2.75, 3.05) is 42.0 Å². The second-order valence-electron chi connectivity index (χ2n) is 8.67. The summed E-state index contributed by atoms with van der Waals surface area (Å²) in [5.41, 5.74) is -0.397. The lowest BCUT2D eigenvalue weighted by Crippen LogP contribution is -2.29. The van der Waals surface area contributed by atoms with Gasteiger partial charge in [-0.25, -0.2) is 9.78 Å². The first-order valence-electron chi connectivity index (χ1n) is 11.3. The number of carbonyl (C=O) groups excluding carboxylic acids is 2. The highest BCUT2D eigenvalue weighted by molar-refractivity contribution is 6.27. The van der Waals surface area contributed by atoms with Crippen LogP contribution in [0.15, 0.2) is 23.0 Å². The Labute approximate surface area is 214 Å². The molecule has 10 nitrogen and oxygen atoms in total. The second kappa shape index (κ2) is 9.97. The van der Waals surface area contributed by atoms with Gasteiger partial charge in [-0.3, -0.25) is 9.59 Å². The van der Waals surface area contributed by atoms with Crippen molar-refractivity contribution in [1.82, 2.24) is 14.5 Å². The van der Waals surface area contributed by atoms with Crippen LogP contribution in [0, 0.1) is 0 Å². The molecule has 202 valence electrons. The van der Waals surface area contributed by atoms with E-state index in [0.29, 0.717) is 13.0 Å². The molecule has 0 bridgehead atoms. The standard InChI is InChI=1S/C25H24F3N3O7/c1-30(2)9-6-10-31-19-12-7-8-15(36-4)29-18(12)20(32)17(19)16-13(23(31)33)11-14(35-3)21(37-5)22(16)38-24(34)25(26,27)28/h7-8,11H,6,9-10H2,1-5H3. The first-order valence-corrected chi connectivity index (χ1v) is 11.3. The lowest BCUT2D eigenvalue weighted by Gasteiger charge is -2.20. The van der Waals surface area contributed by atoms with Crippen molar-refractivity contribution >= 4 is 22.5 Å². The van der Waals surface area contributed by atoms with Crippen LogP contribution < -0.4 is 24.5 Å². The smallest absolute Gasteiger partial charge is 0.491 e. The highest BCUT2D eigenvalue weighted by Crippen LogP contribution is 2.49. The van der Waals surface area contributed by atoms with Crippen molar-refractivity contribution in [2.24, 2.45) is 0 Å². The SMILES string of the molecule is COc1ccc2c(n1)C(=O)c1c-2n(CCCN(C)C)c(=O)c2cc(OC)c(OC)c(OC(=O)C(F)(F)F)c12. The summed E-state index contributed by atoms with van der Waals surface area (Å²) in [5, 5.41) is -0.504. The zero-order chi connectivity index (χ0) is 27.9. The van der Waals surface area contributed by atoms with Crippen LogP contribution >= 0.6 is 0 Å². The molecule has 2 aromatic heterocycles. The van der Waals surface area contributed by atoms with Gasteiger partial charge in [-0.1, -0.05) is 0 Å². The number of alkyl halides is 3. The van der Waals surface area contributed by atoms with E-state index in [4.69, 9.17) is 18.9 Å². The topological polar surface area (TPSA) is 109 Å². The Bertz CT molecular complexity index is 1510. The number of benzene rings is 1. The zero-order valence-corrected chi connectivity index (χ0v) is 21.2. The molecule has 0 radical (unpaired) electrons. The van der Waals surface area contributed by atoms with Gasteiger partial charge in [-0.2, -0.15) is 13.2 Å². The van der Waals surface area contributed by atoms with Gasteiger partial charge in [0.1, 0.15) is 5.69 Å². The Balaban J connectivity index is 2.14. The molecule has 0 saturated heterocycles. The summed E-state index contributed by atoms with van der Waals surface area (Å²) >= 11 is 0. The van der Waals surface area contributed by atoms with Gasteiger partial charge >= 0.3 is 12.1 Å². The molecule has 0 amide bonds. The van der Waals surface area contributed by atoms with Crippen LogP contribution in [0.4, 0.5) is 13.2 Å². The minimum Gasteiger partial charge on any atom is -0.493 e. The molecule has 1 aromatic carbocycles. The lowest BCUT2D eigenvalue weighted by atomic mass is 10.0. The fraction of sp³-hybridized carbons (Fsp3) is 0.360. The van der Waals surface area contributed by atoms with E-state index < -0.39 is 29.2 Å². The quantitative estimate of drug-likeness (QED) is 0.248. The van der Waals surface area contributed by atoms with Crippen molar-refractivity contribution in [2.45, 2.75) is 19.1 Å². The van der Waals surface area contributed by atoms with Crippen LogP contribution in [0.1, 0.15) is 22.5 Å². The summed E-state index contributed by atoms with van der Waals surface area (Å²) in [6.45, 7) is 0.793. The van der Waals surface area contributed by atoms with E-state index in [0.717, 1.165) is 7.11 Å². The van der Waals surface area contributed by atoms with Gasteiger partial charge in [-0.05, 0) is 39.2 Å².